The van der Waals surface area contributed by atoms with Crippen molar-refractivity contribution in [3.63, 3.8) is 0 Å². The predicted molar refractivity (Wildman–Crippen MR) is 95.4 cm³/mol. The van der Waals surface area contributed by atoms with Gasteiger partial charge in [-0.2, -0.15) is 0 Å². The molecular weight excluding hydrogens is 332 g/mol. The Kier molecular flexibility index (Phi) is 3.81. The van der Waals surface area contributed by atoms with E-state index in [9.17, 15) is 9.90 Å². The third-order valence-corrected chi connectivity index (χ3v) is 4.66. The number of amides is 1. The fourth-order valence-corrected chi connectivity index (χ4v) is 3.25. The topological polar surface area (TPSA) is 92.4 Å². The van der Waals surface area contributed by atoms with Gasteiger partial charge in [0, 0.05) is 35.8 Å². The molecule has 0 aliphatic carbocycles. The Bertz CT molecular complexity index is 966. The van der Waals surface area contributed by atoms with Crippen LogP contribution in [0.5, 0.6) is 0 Å². The predicted octanol–water partition coefficient (Wildman–Crippen LogP) is 2.42. The lowest BCUT2D eigenvalue weighted by atomic mass is 9.86. The number of β-amino-alcohol motifs (C(OH)–C–C–N with tert-alkyl or cyclic N) is 1. The van der Waals surface area contributed by atoms with Crippen LogP contribution in [0.3, 0.4) is 0 Å². The van der Waals surface area contributed by atoms with Crippen molar-refractivity contribution in [3.8, 4) is 22.9 Å². The van der Waals surface area contributed by atoms with Gasteiger partial charge in [0.25, 0.3) is 0 Å². The molecule has 3 heterocycles. The molecule has 7 nitrogen and oxygen atoms in total. The molecule has 4 rings (SSSR count). The maximum Gasteiger partial charge on any atom is 0.248 e. The summed E-state index contributed by atoms with van der Waals surface area (Å²) < 4.78 is 5.79. The lowest BCUT2D eigenvalue weighted by Gasteiger charge is -2.19. The van der Waals surface area contributed by atoms with Crippen LogP contribution in [0.1, 0.15) is 19.4 Å². The molecule has 0 saturated heterocycles. The van der Waals surface area contributed by atoms with E-state index in [1.54, 1.807) is 29.4 Å². The van der Waals surface area contributed by atoms with Crippen LogP contribution in [-0.2, 0) is 10.2 Å². The zero-order valence-corrected chi connectivity index (χ0v) is 14.5. The summed E-state index contributed by atoms with van der Waals surface area (Å²) in [7, 11) is 0. The zero-order chi connectivity index (χ0) is 18.3. The molecule has 0 saturated carbocycles. The Hall–Kier alpha value is -3.06. The molecule has 0 radical (unpaired) electrons. The minimum absolute atomic E-state index is 0.0262. The van der Waals surface area contributed by atoms with Gasteiger partial charge in [-0.1, -0.05) is 6.07 Å². The van der Waals surface area contributed by atoms with E-state index in [4.69, 9.17) is 4.42 Å². The van der Waals surface area contributed by atoms with Gasteiger partial charge in [-0.3, -0.25) is 9.78 Å². The summed E-state index contributed by atoms with van der Waals surface area (Å²) in [4.78, 5) is 18.3. The molecule has 1 amide bonds. The van der Waals surface area contributed by atoms with Crippen molar-refractivity contribution >= 4 is 11.6 Å². The Morgan fingerprint density at radius 3 is 2.46 bits per heavy atom. The summed E-state index contributed by atoms with van der Waals surface area (Å²) in [5, 5.41) is 17.5. The number of rotatable bonds is 4. The van der Waals surface area contributed by atoms with Crippen LogP contribution in [0, 0.1) is 0 Å². The van der Waals surface area contributed by atoms with Crippen LogP contribution in [0.15, 0.2) is 47.1 Å². The van der Waals surface area contributed by atoms with Crippen molar-refractivity contribution in [2.75, 3.05) is 18.1 Å². The van der Waals surface area contributed by atoms with Crippen molar-refractivity contribution < 1.29 is 14.3 Å². The zero-order valence-electron chi connectivity index (χ0n) is 14.5. The average molecular weight is 350 g/mol. The lowest BCUT2D eigenvalue weighted by Crippen LogP contribution is -2.37. The molecule has 3 aromatic rings. The fourth-order valence-electron chi connectivity index (χ4n) is 3.25. The number of benzene rings is 1. The van der Waals surface area contributed by atoms with Crippen molar-refractivity contribution in [2.24, 2.45) is 0 Å². The number of anilines is 1. The first-order chi connectivity index (χ1) is 12.5. The van der Waals surface area contributed by atoms with Crippen molar-refractivity contribution in [3.05, 3.63) is 48.3 Å². The third kappa shape index (κ3) is 2.48. The number of aromatic nitrogens is 3. The number of nitrogens with zero attached hydrogens (tertiary/aromatic N) is 4. The Balaban J connectivity index is 1.75. The van der Waals surface area contributed by atoms with E-state index < -0.39 is 5.41 Å². The quantitative estimate of drug-likeness (QED) is 0.777. The maximum absolute atomic E-state index is 12.7. The van der Waals surface area contributed by atoms with E-state index in [2.05, 4.69) is 15.2 Å². The second kappa shape index (κ2) is 6.03. The molecule has 0 atom stereocenters. The summed E-state index contributed by atoms with van der Waals surface area (Å²) in [6.07, 6.45) is 3.32. The van der Waals surface area contributed by atoms with Gasteiger partial charge < -0.3 is 14.4 Å². The van der Waals surface area contributed by atoms with Crippen LogP contribution < -0.4 is 4.90 Å². The summed E-state index contributed by atoms with van der Waals surface area (Å²) in [6.45, 7) is 3.93. The highest BCUT2D eigenvalue weighted by Crippen LogP contribution is 2.43. The van der Waals surface area contributed by atoms with Gasteiger partial charge in [-0.15, -0.1) is 10.2 Å². The highest BCUT2D eigenvalue weighted by Gasteiger charge is 2.43. The van der Waals surface area contributed by atoms with Gasteiger partial charge in [0.1, 0.15) is 0 Å². The largest absolute Gasteiger partial charge is 0.416 e. The van der Waals surface area contributed by atoms with Crippen LogP contribution in [0.2, 0.25) is 0 Å². The number of carbonyl (C=O) groups excluding carboxylic acids is 1. The lowest BCUT2D eigenvalue weighted by molar-refractivity contribution is -0.122. The first-order valence-corrected chi connectivity index (χ1v) is 8.34. The van der Waals surface area contributed by atoms with E-state index in [0.717, 1.165) is 22.4 Å². The summed E-state index contributed by atoms with van der Waals surface area (Å²) in [5.41, 5.74) is 2.59. The van der Waals surface area contributed by atoms with Crippen LogP contribution in [0.4, 0.5) is 5.69 Å². The first kappa shape index (κ1) is 16.4. The Labute approximate surface area is 150 Å². The highest BCUT2D eigenvalue weighted by atomic mass is 16.4. The van der Waals surface area contributed by atoms with Crippen molar-refractivity contribution in [2.45, 2.75) is 19.3 Å². The number of hydrogen-bond donors (Lipinski definition) is 1. The smallest absolute Gasteiger partial charge is 0.248 e. The van der Waals surface area contributed by atoms with Crippen molar-refractivity contribution in [1.29, 1.82) is 0 Å². The molecule has 0 unspecified atom stereocenters. The van der Waals surface area contributed by atoms with E-state index in [-0.39, 0.29) is 19.1 Å². The normalized spacial score (nSPS) is 15.3. The minimum atomic E-state index is -0.625. The number of fused-ring (bicyclic) bond motifs is 1. The van der Waals surface area contributed by atoms with Gasteiger partial charge in [0.15, 0.2) is 0 Å². The standard InChI is InChI=1S/C19H18N4O3/c1-19(2)14-4-3-13(11-15(14)23(9-10-24)18(19)25)17-22-21-16(26-17)12-5-7-20-8-6-12/h3-8,11,24H,9-10H2,1-2H3. The average Bonchev–Trinajstić information content (AvgIpc) is 3.21. The molecule has 0 spiro atoms. The Morgan fingerprint density at radius 1 is 1.08 bits per heavy atom. The van der Waals surface area contributed by atoms with Gasteiger partial charge in [0.05, 0.1) is 12.0 Å². The number of hydrogen-bond acceptors (Lipinski definition) is 6. The number of aliphatic hydroxyl groups is 1. The monoisotopic (exact) mass is 350 g/mol. The van der Waals surface area contributed by atoms with Gasteiger partial charge in [-0.05, 0) is 43.7 Å². The molecule has 1 aliphatic heterocycles. The molecule has 1 aliphatic rings. The highest BCUT2D eigenvalue weighted by molar-refractivity contribution is 6.08. The van der Waals surface area contributed by atoms with E-state index >= 15 is 0 Å². The minimum Gasteiger partial charge on any atom is -0.416 e. The molecule has 26 heavy (non-hydrogen) atoms. The van der Waals surface area contributed by atoms with Gasteiger partial charge in [0.2, 0.25) is 17.7 Å². The molecule has 7 heteroatoms. The Morgan fingerprint density at radius 2 is 1.77 bits per heavy atom. The summed E-state index contributed by atoms with van der Waals surface area (Å²) in [5.74, 6) is 0.758. The second-order valence-corrected chi connectivity index (χ2v) is 6.69. The van der Waals surface area contributed by atoms with Gasteiger partial charge in [-0.25, -0.2) is 0 Å². The van der Waals surface area contributed by atoms with E-state index in [1.807, 2.05) is 32.0 Å². The van der Waals surface area contributed by atoms with E-state index in [0.29, 0.717) is 11.8 Å². The molecule has 1 aromatic carbocycles. The maximum atomic E-state index is 12.7. The van der Waals surface area contributed by atoms with Crippen LogP contribution >= 0.6 is 0 Å². The van der Waals surface area contributed by atoms with Gasteiger partial charge >= 0.3 is 0 Å². The number of carbonyl (C=O) groups is 1. The number of aliphatic hydroxyl groups excluding tert-OH is 1. The van der Waals surface area contributed by atoms with Crippen LogP contribution in [0.25, 0.3) is 22.9 Å². The summed E-state index contributed by atoms with van der Waals surface area (Å²) >= 11 is 0. The molecule has 0 bridgehead atoms. The fraction of sp³-hybridized carbons (Fsp3) is 0.263. The van der Waals surface area contributed by atoms with Crippen molar-refractivity contribution in [1.82, 2.24) is 15.2 Å². The first-order valence-electron chi connectivity index (χ1n) is 8.34. The number of pyridine rings is 1. The molecule has 1 N–H and O–H groups in total. The molecule has 0 fully saturated rings. The third-order valence-electron chi connectivity index (χ3n) is 4.66. The molecule has 132 valence electrons. The second-order valence-electron chi connectivity index (χ2n) is 6.69. The molecular formula is C19H18N4O3. The van der Waals surface area contributed by atoms with Crippen LogP contribution in [-0.4, -0.2) is 39.3 Å². The molecule has 2 aromatic heterocycles. The SMILES string of the molecule is CC1(C)C(=O)N(CCO)c2cc(-c3nnc(-c4ccncc4)o3)ccc21. The van der Waals surface area contributed by atoms with E-state index in [1.165, 1.54) is 0 Å². The summed E-state index contributed by atoms with van der Waals surface area (Å²) in [6, 6.07) is 9.24.